The predicted molar refractivity (Wildman–Crippen MR) is 83.1 cm³/mol. The molecule has 21 heavy (non-hydrogen) atoms. The van der Waals surface area contributed by atoms with Crippen molar-refractivity contribution in [1.29, 1.82) is 0 Å². The number of rotatable bonds is 5. The van der Waals surface area contributed by atoms with E-state index in [0.717, 1.165) is 15.5 Å². The molecule has 0 unspecified atom stereocenters. The van der Waals surface area contributed by atoms with Gasteiger partial charge in [-0.05, 0) is 37.1 Å². The molecule has 2 aromatic rings. The number of aryl methyl sites for hydroxylation is 2. The molecule has 0 fully saturated rings. The van der Waals surface area contributed by atoms with E-state index in [-0.39, 0.29) is 4.88 Å². The molecule has 110 valence electrons. The molecule has 1 aromatic heterocycles. The predicted octanol–water partition coefficient (Wildman–Crippen LogP) is 2.85. The SMILES string of the molecule is Cc1cc(C(N)=O)ccc1CSc1nc(C)c(C(=O)O)s1. The van der Waals surface area contributed by atoms with E-state index in [1.807, 2.05) is 13.0 Å². The lowest BCUT2D eigenvalue weighted by atomic mass is 10.1. The third kappa shape index (κ3) is 3.62. The Morgan fingerprint density at radius 1 is 1.38 bits per heavy atom. The maximum Gasteiger partial charge on any atom is 0.347 e. The van der Waals surface area contributed by atoms with Crippen molar-refractivity contribution < 1.29 is 14.7 Å². The Morgan fingerprint density at radius 3 is 2.62 bits per heavy atom. The Morgan fingerprint density at radius 2 is 2.10 bits per heavy atom. The number of benzene rings is 1. The van der Waals surface area contributed by atoms with Gasteiger partial charge in [-0.15, -0.1) is 11.3 Å². The summed E-state index contributed by atoms with van der Waals surface area (Å²) < 4.78 is 0.725. The molecule has 5 nitrogen and oxygen atoms in total. The van der Waals surface area contributed by atoms with Gasteiger partial charge < -0.3 is 10.8 Å². The Hall–Kier alpha value is -1.86. The van der Waals surface area contributed by atoms with Gasteiger partial charge in [0.1, 0.15) is 4.88 Å². The van der Waals surface area contributed by atoms with Crippen molar-refractivity contribution in [3.8, 4) is 0 Å². The molecular weight excluding hydrogens is 308 g/mol. The number of aromatic carboxylic acids is 1. The number of carbonyl (C=O) groups is 2. The number of aromatic nitrogens is 1. The fraction of sp³-hybridized carbons (Fsp3) is 0.214. The number of carboxylic acids is 1. The van der Waals surface area contributed by atoms with Gasteiger partial charge in [-0.3, -0.25) is 4.79 Å². The van der Waals surface area contributed by atoms with Crippen molar-refractivity contribution in [2.45, 2.75) is 23.9 Å². The van der Waals surface area contributed by atoms with Crippen LogP contribution in [-0.2, 0) is 5.75 Å². The highest BCUT2D eigenvalue weighted by Gasteiger charge is 2.14. The molecular formula is C14H14N2O3S2. The first-order chi connectivity index (χ1) is 9.88. The van der Waals surface area contributed by atoms with Crippen LogP contribution in [0, 0.1) is 13.8 Å². The monoisotopic (exact) mass is 322 g/mol. The van der Waals surface area contributed by atoms with E-state index in [0.29, 0.717) is 17.0 Å². The topological polar surface area (TPSA) is 93.3 Å². The van der Waals surface area contributed by atoms with Crippen LogP contribution >= 0.6 is 23.1 Å². The average Bonchev–Trinajstić information content (AvgIpc) is 2.78. The number of thiazole rings is 1. The van der Waals surface area contributed by atoms with Crippen LogP contribution in [-0.4, -0.2) is 22.0 Å². The largest absolute Gasteiger partial charge is 0.477 e. The highest BCUT2D eigenvalue weighted by atomic mass is 32.2. The molecule has 0 aliphatic heterocycles. The quantitative estimate of drug-likeness (QED) is 0.826. The molecule has 0 saturated heterocycles. The number of carbonyl (C=O) groups excluding carboxylic acids is 1. The van der Waals surface area contributed by atoms with Crippen LogP contribution in [0.4, 0.5) is 0 Å². The van der Waals surface area contributed by atoms with Gasteiger partial charge in [0.25, 0.3) is 0 Å². The van der Waals surface area contributed by atoms with Crippen LogP contribution in [0.15, 0.2) is 22.5 Å². The van der Waals surface area contributed by atoms with Crippen molar-refractivity contribution in [2.24, 2.45) is 5.73 Å². The van der Waals surface area contributed by atoms with E-state index in [4.69, 9.17) is 10.8 Å². The smallest absolute Gasteiger partial charge is 0.347 e. The lowest BCUT2D eigenvalue weighted by Crippen LogP contribution is -2.11. The Balaban J connectivity index is 2.11. The number of hydrogen-bond donors (Lipinski definition) is 2. The molecule has 0 spiro atoms. The van der Waals surface area contributed by atoms with E-state index < -0.39 is 11.9 Å². The minimum absolute atomic E-state index is 0.276. The Bertz CT molecular complexity index is 710. The minimum atomic E-state index is -0.946. The van der Waals surface area contributed by atoms with Gasteiger partial charge in [0.05, 0.1) is 5.69 Å². The summed E-state index contributed by atoms with van der Waals surface area (Å²) in [6.45, 7) is 3.61. The molecule has 0 radical (unpaired) electrons. The van der Waals surface area contributed by atoms with Crippen LogP contribution < -0.4 is 5.73 Å². The van der Waals surface area contributed by atoms with E-state index in [1.54, 1.807) is 19.1 Å². The molecule has 1 aromatic carbocycles. The summed E-state index contributed by atoms with van der Waals surface area (Å²) in [5, 5.41) is 9.01. The lowest BCUT2D eigenvalue weighted by Gasteiger charge is -2.05. The summed E-state index contributed by atoms with van der Waals surface area (Å²) in [5.41, 5.74) is 8.30. The first-order valence-electron chi connectivity index (χ1n) is 6.11. The van der Waals surface area contributed by atoms with Crippen LogP contribution in [0.2, 0.25) is 0 Å². The summed E-state index contributed by atoms with van der Waals surface area (Å²) in [7, 11) is 0. The third-order valence-corrected chi connectivity index (χ3v) is 5.29. The number of carboxylic acid groups (broad SMARTS) is 1. The summed E-state index contributed by atoms with van der Waals surface area (Å²) in [4.78, 5) is 26.6. The fourth-order valence-electron chi connectivity index (χ4n) is 1.78. The molecule has 2 rings (SSSR count). The van der Waals surface area contributed by atoms with Crippen molar-refractivity contribution in [3.63, 3.8) is 0 Å². The van der Waals surface area contributed by atoms with Crippen LogP contribution in [0.3, 0.4) is 0 Å². The van der Waals surface area contributed by atoms with Gasteiger partial charge in [0.15, 0.2) is 4.34 Å². The van der Waals surface area contributed by atoms with E-state index in [1.165, 1.54) is 23.1 Å². The van der Waals surface area contributed by atoms with Gasteiger partial charge in [-0.2, -0.15) is 0 Å². The second-order valence-corrected chi connectivity index (χ2v) is 6.72. The maximum absolute atomic E-state index is 11.1. The first-order valence-corrected chi connectivity index (χ1v) is 7.91. The molecule has 0 saturated carbocycles. The molecule has 0 atom stereocenters. The summed E-state index contributed by atoms with van der Waals surface area (Å²) >= 11 is 2.66. The lowest BCUT2D eigenvalue weighted by molar-refractivity contribution is 0.0701. The van der Waals surface area contributed by atoms with Crippen LogP contribution in [0.25, 0.3) is 0 Å². The highest BCUT2D eigenvalue weighted by Crippen LogP contribution is 2.30. The van der Waals surface area contributed by atoms with E-state index in [9.17, 15) is 9.59 Å². The van der Waals surface area contributed by atoms with Crippen molar-refractivity contribution in [3.05, 3.63) is 45.5 Å². The molecule has 0 aliphatic rings. The molecule has 1 amide bonds. The number of nitrogens with zero attached hydrogens (tertiary/aromatic N) is 1. The summed E-state index contributed by atoms with van der Waals surface area (Å²) in [6.07, 6.45) is 0. The zero-order valence-electron chi connectivity index (χ0n) is 11.5. The van der Waals surface area contributed by atoms with Gasteiger partial charge in [-0.25, -0.2) is 9.78 Å². The molecule has 1 heterocycles. The average molecular weight is 322 g/mol. The molecule has 0 bridgehead atoms. The standard InChI is InChI=1S/C14H14N2O3S2/c1-7-5-9(12(15)17)3-4-10(7)6-20-14-16-8(2)11(21-14)13(18)19/h3-5H,6H2,1-2H3,(H2,15,17)(H,18,19). The normalized spacial score (nSPS) is 10.6. The van der Waals surface area contributed by atoms with Crippen molar-refractivity contribution in [2.75, 3.05) is 0 Å². The first kappa shape index (κ1) is 15.5. The zero-order valence-corrected chi connectivity index (χ0v) is 13.2. The Labute approximate surface area is 130 Å². The number of thioether (sulfide) groups is 1. The minimum Gasteiger partial charge on any atom is -0.477 e. The molecule has 3 N–H and O–H groups in total. The van der Waals surface area contributed by atoms with Crippen molar-refractivity contribution >= 4 is 35.0 Å². The van der Waals surface area contributed by atoms with E-state index >= 15 is 0 Å². The van der Waals surface area contributed by atoms with Crippen LogP contribution in [0.1, 0.15) is 36.9 Å². The zero-order chi connectivity index (χ0) is 15.6. The highest BCUT2D eigenvalue weighted by molar-refractivity contribution is 8.00. The number of primary amides is 1. The van der Waals surface area contributed by atoms with Gasteiger partial charge in [0, 0.05) is 11.3 Å². The van der Waals surface area contributed by atoms with Gasteiger partial charge in [-0.1, -0.05) is 17.8 Å². The van der Waals surface area contributed by atoms with Crippen molar-refractivity contribution in [1.82, 2.24) is 4.98 Å². The fourth-order valence-corrected chi connectivity index (χ4v) is 3.89. The summed E-state index contributed by atoms with van der Waals surface area (Å²) in [5.74, 6) is -0.727. The van der Waals surface area contributed by atoms with E-state index in [2.05, 4.69) is 4.98 Å². The second kappa shape index (κ2) is 6.28. The molecule has 7 heteroatoms. The number of hydrogen-bond acceptors (Lipinski definition) is 5. The second-order valence-electron chi connectivity index (χ2n) is 4.49. The third-order valence-electron chi connectivity index (χ3n) is 2.95. The van der Waals surface area contributed by atoms with Crippen LogP contribution in [0.5, 0.6) is 0 Å². The van der Waals surface area contributed by atoms with Gasteiger partial charge in [0.2, 0.25) is 5.91 Å². The maximum atomic E-state index is 11.1. The molecule has 0 aliphatic carbocycles. The Kier molecular flexibility index (Phi) is 4.64. The summed E-state index contributed by atoms with van der Waals surface area (Å²) in [6, 6.07) is 5.32. The van der Waals surface area contributed by atoms with Gasteiger partial charge >= 0.3 is 5.97 Å². The number of amides is 1. The number of nitrogens with two attached hydrogens (primary N) is 1.